The van der Waals surface area contributed by atoms with Crippen LogP contribution in [0.2, 0.25) is 0 Å². The molecule has 2 aromatic heterocycles. The van der Waals surface area contributed by atoms with Crippen LogP contribution in [0.25, 0.3) is 22.2 Å². The van der Waals surface area contributed by atoms with Gasteiger partial charge in [0.25, 0.3) is 0 Å². The lowest BCUT2D eigenvalue weighted by Gasteiger charge is -2.23. The number of hydrogen-bond donors (Lipinski definition) is 2. The summed E-state index contributed by atoms with van der Waals surface area (Å²) in [5.74, 6) is -0.988. The van der Waals surface area contributed by atoms with Crippen LogP contribution in [-0.4, -0.2) is 49.1 Å². The largest absolute Gasteiger partial charge is 0.773 e. The lowest BCUT2D eigenvalue weighted by Crippen LogP contribution is -2.35. The first-order valence-electron chi connectivity index (χ1n) is 9.80. The van der Waals surface area contributed by atoms with Gasteiger partial charge in [-0.2, -0.15) is 5.26 Å². The van der Waals surface area contributed by atoms with Crippen molar-refractivity contribution in [2.45, 2.75) is 25.8 Å². The Labute approximate surface area is 186 Å². The molecule has 1 aromatic carbocycles. The molecule has 1 fully saturated rings. The van der Waals surface area contributed by atoms with Crippen molar-refractivity contribution in [3.63, 3.8) is 0 Å². The van der Waals surface area contributed by atoms with E-state index in [1.54, 1.807) is 19.1 Å². The molecule has 0 saturated carbocycles. The van der Waals surface area contributed by atoms with Crippen molar-refractivity contribution in [2.24, 2.45) is 0 Å². The maximum Gasteiger partial charge on any atom is 0.223 e. The van der Waals surface area contributed by atoms with Gasteiger partial charge in [-0.15, -0.1) is 0 Å². The molecule has 0 amide bonds. The van der Waals surface area contributed by atoms with Crippen LogP contribution in [0.5, 0.6) is 0 Å². The highest BCUT2D eigenvalue weighted by atomic mass is 32.2. The molecule has 11 heteroatoms. The predicted octanol–water partition coefficient (Wildman–Crippen LogP) is 2.81. The van der Waals surface area contributed by atoms with Gasteiger partial charge < -0.3 is 15.2 Å². The fourth-order valence-corrected chi connectivity index (χ4v) is 3.43. The van der Waals surface area contributed by atoms with E-state index in [0.29, 0.717) is 17.0 Å². The highest BCUT2D eigenvalue weighted by molar-refractivity contribution is 7.78. The number of nitrogens with zero attached hydrogens (tertiary/aromatic N) is 4. The van der Waals surface area contributed by atoms with Crippen molar-refractivity contribution in [1.82, 2.24) is 20.3 Å². The van der Waals surface area contributed by atoms with Gasteiger partial charge in [-0.1, -0.05) is 11.1 Å². The van der Waals surface area contributed by atoms with E-state index in [2.05, 4.69) is 25.6 Å². The Balaban J connectivity index is 0.000000668. The van der Waals surface area contributed by atoms with Crippen molar-refractivity contribution in [3.05, 3.63) is 47.3 Å². The van der Waals surface area contributed by atoms with Crippen molar-refractivity contribution < 1.29 is 17.5 Å². The van der Waals surface area contributed by atoms with Crippen LogP contribution in [0.1, 0.15) is 24.1 Å². The third kappa shape index (κ3) is 5.79. The fourth-order valence-electron chi connectivity index (χ4n) is 3.43. The normalized spacial score (nSPS) is 14.9. The Morgan fingerprint density at radius 3 is 2.56 bits per heavy atom. The third-order valence-corrected chi connectivity index (χ3v) is 4.81. The van der Waals surface area contributed by atoms with Crippen LogP contribution in [0, 0.1) is 29.9 Å². The molecule has 1 aliphatic heterocycles. The van der Waals surface area contributed by atoms with E-state index in [9.17, 15) is 14.0 Å². The van der Waals surface area contributed by atoms with Gasteiger partial charge in [0.2, 0.25) is 5.95 Å². The minimum absolute atomic E-state index is 0.0169. The molecule has 3 heterocycles. The Hall–Kier alpha value is -3.07. The molecule has 0 bridgehead atoms. The Bertz CT molecular complexity index is 1190. The highest BCUT2D eigenvalue weighted by Gasteiger charge is 2.18. The summed E-state index contributed by atoms with van der Waals surface area (Å²) in [7, 11) is 0. The van der Waals surface area contributed by atoms with Gasteiger partial charge in [0.15, 0.2) is 5.82 Å². The number of nitriles is 1. The van der Waals surface area contributed by atoms with E-state index < -0.39 is 22.7 Å². The number of piperidine rings is 1. The third-order valence-electron chi connectivity index (χ3n) is 4.81. The molecular weight excluding hydrogens is 438 g/mol. The quantitative estimate of drug-likeness (QED) is 0.573. The van der Waals surface area contributed by atoms with Crippen LogP contribution >= 0.6 is 0 Å². The smallest absolute Gasteiger partial charge is 0.223 e. The number of fused-ring (bicyclic) bond motifs is 1. The SMILES string of the molecule is CS(=O)[O-].Cc1cc(C#N)c2cc(-c3nc(NC4CCNCC4)ncc3F)cc(F)c2n1. The van der Waals surface area contributed by atoms with Crippen LogP contribution in [0.15, 0.2) is 24.4 Å². The van der Waals surface area contributed by atoms with Crippen molar-refractivity contribution in [3.8, 4) is 17.3 Å². The van der Waals surface area contributed by atoms with E-state index in [1.165, 1.54) is 6.07 Å². The number of pyridine rings is 1. The molecule has 3 aromatic rings. The number of benzene rings is 1. The average molecular weight is 460 g/mol. The van der Waals surface area contributed by atoms with Gasteiger partial charge in [0.1, 0.15) is 17.0 Å². The molecule has 4 rings (SSSR count). The standard InChI is InChI=1S/C20H18F2N6.CH4O2S/c1-11-6-13(9-23)15-7-12(8-16(21)19(15)26-11)18-17(22)10-25-20(28-18)27-14-2-4-24-5-3-14;1-4(2)3/h6-8,10,14,24H,2-5H2,1H3,(H,25,27,28);1H3,(H,2,3)/p-1. The van der Waals surface area contributed by atoms with E-state index in [0.717, 1.165) is 38.4 Å². The maximum atomic E-state index is 14.7. The molecule has 168 valence electrons. The van der Waals surface area contributed by atoms with Gasteiger partial charge in [-0.05, 0) is 57.3 Å². The van der Waals surface area contributed by atoms with Gasteiger partial charge in [0.05, 0.1) is 17.8 Å². The second kappa shape index (κ2) is 10.5. The molecule has 1 aliphatic rings. The minimum atomic E-state index is -1.86. The molecule has 0 radical (unpaired) electrons. The average Bonchev–Trinajstić information content (AvgIpc) is 2.75. The lowest BCUT2D eigenvalue weighted by molar-refractivity contribution is 0.477. The molecule has 0 spiro atoms. The van der Waals surface area contributed by atoms with E-state index in [4.69, 9.17) is 8.76 Å². The zero-order chi connectivity index (χ0) is 23.3. The van der Waals surface area contributed by atoms with Crippen LogP contribution in [-0.2, 0) is 11.1 Å². The number of aromatic nitrogens is 3. The number of rotatable bonds is 3. The topological polar surface area (TPSA) is 127 Å². The molecule has 32 heavy (non-hydrogen) atoms. The van der Waals surface area contributed by atoms with Gasteiger partial charge in [-0.3, -0.25) is 4.21 Å². The highest BCUT2D eigenvalue weighted by Crippen LogP contribution is 2.29. The lowest BCUT2D eigenvalue weighted by atomic mass is 10.0. The van der Waals surface area contributed by atoms with Crippen molar-refractivity contribution in [1.29, 1.82) is 5.26 Å². The second-order valence-electron chi connectivity index (χ2n) is 7.24. The van der Waals surface area contributed by atoms with E-state index >= 15 is 0 Å². The summed E-state index contributed by atoms with van der Waals surface area (Å²) in [5, 5.41) is 16.2. The first-order chi connectivity index (χ1) is 15.3. The van der Waals surface area contributed by atoms with E-state index in [1.807, 2.05) is 6.07 Å². The van der Waals surface area contributed by atoms with Crippen molar-refractivity contribution >= 4 is 27.9 Å². The summed E-state index contributed by atoms with van der Waals surface area (Å²) in [6, 6.07) is 6.56. The maximum absolute atomic E-state index is 14.7. The van der Waals surface area contributed by atoms with Crippen LogP contribution in [0.4, 0.5) is 14.7 Å². The van der Waals surface area contributed by atoms with Crippen LogP contribution in [0.3, 0.4) is 0 Å². The van der Waals surface area contributed by atoms with Crippen LogP contribution < -0.4 is 10.6 Å². The molecule has 1 unspecified atom stereocenters. The first-order valence-corrected chi connectivity index (χ1v) is 11.3. The number of aryl methyl sites for hydroxylation is 1. The monoisotopic (exact) mass is 459 g/mol. The second-order valence-corrected chi connectivity index (χ2v) is 8.04. The number of hydrogen-bond acceptors (Lipinski definition) is 8. The van der Waals surface area contributed by atoms with E-state index in [-0.39, 0.29) is 28.4 Å². The molecule has 1 saturated heterocycles. The number of halogens is 2. The summed E-state index contributed by atoms with van der Waals surface area (Å²) < 4.78 is 47.1. The van der Waals surface area contributed by atoms with Gasteiger partial charge in [0, 0.05) is 22.7 Å². The molecule has 8 nitrogen and oxygen atoms in total. The summed E-state index contributed by atoms with van der Waals surface area (Å²) in [5.41, 5.74) is 1.13. The summed E-state index contributed by atoms with van der Waals surface area (Å²) >= 11 is -1.86. The van der Waals surface area contributed by atoms with Gasteiger partial charge >= 0.3 is 0 Å². The number of anilines is 1. The molecule has 0 aliphatic carbocycles. The molecule has 2 N–H and O–H groups in total. The fraction of sp³-hybridized carbons (Fsp3) is 0.333. The summed E-state index contributed by atoms with van der Waals surface area (Å²) in [4.78, 5) is 12.4. The summed E-state index contributed by atoms with van der Waals surface area (Å²) in [6.07, 6.45) is 3.99. The Morgan fingerprint density at radius 2 is 1.91 bits per heavy atom. The van der Waals surface area contributed by atoms with Gasteiger partial charge in [-0.25, -0.2) is 23.7 Å². The predicted molar refractivity (Wildman–Crippen MR) is 116 cm³/mol. The first kappa shape index (κ1) is 23.6. The minimum Gasteiger partial charge on any atom is -0.773 e. The Morgan fingerprint density at radius 1 is 1.22 bits per heavy atom. The zero-order valence-corrected chi connectivity index (χ0v) is 18.3. The molecular formula is C21H21F2N6O2S-. The number of nitrogens with one attached hydrogen (secondary N) is 2. The Kier molecular flexibility index (Phi) is 7.74. The zero-order valence-electron chi connectivity index (χ0n) is 17.5. The molecule has 1 atom stereocenters. The van der Waals surface area contributed by atoms with Crippen molar-refractivity contribution in [2.75, 3.05) is 24.7 Å². The summed E-state index contributed by atoms with van der Waals surface area (Å²) in [6.45, 7) is 3.48.